The minimum absolute atomic E-state index is 0.0317. The molecule has 0 aliphatic heterocycles. The van der Waals surface area contributed by atoms with Crippen molar-refractivity contribution >= 4 is 19.8 Å². The molecule has 0 saturated heterocycles. The standard InChI is InChI=1S/C33H52NO8P/c1-3-5-7-9-11-13-14-15-16-18-20-22-24-26-33(36)42-31(30-41-43(37,38)40-28-27-34)29-39-32(35)25-23-21-19-17-12-10-8-6-4-2/h5-9,11-17,21,23,31H,3-4,10,18-20,22,24-30,34H2,1-2H3,(H,37,38)/b7-5+,8-6+,11-9+,14-13+,16-15+,17-12+,23-21+. The smallest absolute Gasteiger partial charge is 0.461 e. The van der Waals surface area contributed by atoms with E-state index in [1.807, 2.05) is 54.7 Å². The van der Waals surface area contributed by atoms with Crippen LogP contribution in [0.3, 0.4) is 0 Å². The van der Waals surface area contributed by atoms with Gasteiger partial charge in [-0.15, -0.1) is 0 Å². The summed E-state index contributed by atoms with van der Waals surface area (Å²) in [7, 11) is -4.39. The second-order valence-electron chi connectivity index (χ2n) is 9.31. The van der Waals surface area contributed by atoms with Crippen LogP contribution < -0.4 is 5.73 Å². The van der Waals surface area contributed by atoms with Gasteiger partial charge in [0.15, 0.2) is 6.10 Å². The van der Waals surface area contributed by atoms with Crippen LogP contribution in [-0.2, 0) is 32.7 Å². The molecule has 0 heterocycles. The summed E-state index contributed by atoms with van der Waals surface area (Å²) in [5, 5.41) is 0. The molecule has 2 atom stereocenters. The van der Waals surface area contributed by atoms with Crippen LogP contribution in [0.4, 0.5) is 0 Å². The molecule has 0 aromatic rings. The van der Waals surface area contributed by atoms with E-state index in [0.29, 0.717) is 12.8 Å². The first-order valence-corrected chi connectivity index (χ1v) is 16.6. The van der Waals surface area contributed by atoms with Gasteiger partial charge in [0.05, 0.1) is 19.6 Å². The van der Waals surface area contributed by atoms with Crippen molar-refractivity contribution in [1.29, 1.82) is 0 Å². The summed E-state index contributed by atoms with van der Waals surface area (Å²) in [5.41, 5.74) is 5.29. The molecule has 0 radical (unpaired) electrons. The number of carbonyl (C=O) groups excluding carboxylic acids is 2. The number of ether oxygens (including phenoxy) is 2. The molecule has 0 aromatic carbocycles. The maximum Gasteiger partial charge on any atom is 0.472 e. The molecule has 0 aromatic heterocycles. The minimum Gasteiger partial charge on any atom is -0.461 e. The predicted molar refractivity (Wildman–Crippen MR) is 173 cm³/mol. The van der Waals surface area contributed by atoms with Gasteiger partial charge >= 0.3 is 19.8 Å². The van der Waals surface area contributed by atoms with Crippen LogP contribution in [-0.4, -0.2) is 49.3 Å². The van der Waals surface area contributed by atoms with Crippen LogP contribution in [0.25, 0.3) is 0 Å². The molecule has 0 aliphatic carbocycles. The van der Waals surface area contributed by atoms with E-state index in [4.69, 9.17) is 24.3 Å². The lowest BCUT2D eigenvalue weighted by Crippen LogP contribution is -2.29. The second-order valence-corrected chi connectivity index (χ2v) is 10.8. The molecular weight excluding hydrogens is 569 g/mol. The van der Waals surface area contributed by atoms with Crippen molar-refractivity contribution in [3.63, 3.8) is 0 Å². The number of allylic oxidation sites excluding steroid dienone is 13. The third-order valence-corrected chi connectivity index (χ3v) is 6.39. The lowest BCUT2D eigenvalue weighted by Gasteiger charge is -2.19. The molecule has 10 heteroatoms. The van der Waals surface area contributed by atoms with Gasteiger partial charge in [-0.25, -0.2) is 4.57 Å². The van der Waals surface area contributed by atoms with Crippen molar-refractivity contribution < 1.29 is 37.6 Å². The van der Waals surface area contributed by atoms with Crippen LogP contribution in [0.2, 0.25) is 0 Å². The maximum absolute atomic E-state index is 12.4. The summed E-state index contributed by atoms with van der Waals surface area (Å²) in [6.45, 7) is 3.23. The van der Waals surface area contributed by atoms with Gasteiger partial charge in [0, 0.05) is 13.0 Å². The third kappa shape index (κ3) is 29.1. The first-order valence-electron chi connectivity index (χ1n) is 15.1. The summed E-state index contributed by atoms with van der Waals surface area (Å²) in [6.07, 6.45) is 33.8. The number of unbranched alkanes of at least 4 members (excludes halogenated alkanes) is 3. The van der Waals surface area contributed by atoms with Gasteiger partial charge in [0.1, 0.15) is 6.61 Å². The Morgan fingerprint density at radius 2 is 1.37 bits per heavy atom. The van der Waals surface area contributed by atoms with Gasteiger partial charge in [0.2, 0.25) is 0 Å². The fraction of sp³-hybridized carbons (Fsp3) is 0.515. The monoisotopic (exact) mass is 621 g/mol. The molecule has 3 N–H and O–H groups in total. The van der Waals surface area contributed by atoms with Crippen LogP contribution in [0.5, 0.6) is 0 Å². The molecule has 0 amide bonds. The van der Waals surface area contributed by atoms with E-state index in [1.165, 1.54) is 0 Å². The first kappa shape index (κ1) is 40.2. The van der Waals surface area contributed by atoms with Crippen LogP contribution in [0.15, 0.2) is 85.1 Å². The fourth-order valence-corrected chi connectivity index (χ4v) is 4.00. The van der Waals surface area contributed by atoms with Crippen LogP contribution in [0.1, 0.15) is 78.1 Å². The molecule has 43 heavy (non-hydrogen) atoms. The van der Waals surface area contributed by atoms with E-state index in [9.17, 15) is 19.0 Å². The quantitative estimate of drug-likeness (QED) is 0.0334. The van der Waals surface area contributed by atoms with Crippen LogP contribution in [0, 0.1) is 0 Å². The average molecular weight is 622 g/mol. The highest BCUT2D eigenvalue weighted by molar-refractivity contribution is 7.47. The van der Waals surface area contributed by atoms with E-state index in [-0.39, 0.29) is 32.6 Å². The SMILES string of the molecule is CC/C=C/C=C/C=C/C=C/CCCCCC(=O)OC(COC(=O)C/C=C/C/C=C/C/C=C/CC)COP(=O)(O)OCCN. The summed E-state index contributed by atoms with van der Waals surface area (Å²) in [6, 6.07) is 0. The molecule has 0 aliphatic rings. The Morgan fingerprint density at radius 1 is 0.744 bits per heavy atom. The van der Waals surface area contributed by atoms with Gasteiger partial charge in [0.25, 0.3) is 0 Å². The molecule has 0 saturated carbocycles. The van der Waals surface area contributed by atoms with Crippen molar-refractivity contribution in [2.45, 2.75) is 84.2 Å². The normalized spacial score (nSPS) is 14.8. The predicted octanol–water partition coefficient (Wildman–Crippen LogP) is 7.37. The molecule has 0 spiro atoms. The molecule has 0 bridgehead atoms. The molecule has 0 fully saturated rings. The largest absolute Gasteiger partial charge is 0.472 e. The highest BCUT2D eigenvalue weighted by Crippen LogP contribution is 2.43. The van der Waals surface area contributed by atoms with Crippen molar-refractivity contribution in [3.05, 3.63) is 85.1 Å². The van der Waals surface area contributed by atoms with Gasteiger partial charge < -0.3 is 20.1 Å². The summed E-state index contributed by atoms with van der Waals surface area (Å²) >= 11 is 0. The van der Waals surface area contributed by atoms with E-state index in [0.717, 1.165) is 38.5 Å². The van der Waals surface area contributed by atoms with Crippen molar-refractivity contribution in [2.24, 2.45) is 5.73 Å². The zero-order chi connectivity index (χ0) is 31.9. The number of phosphoric acid groups is 1. The average Bonchev–Trinajstić information content (AvgIpc) is 2.99. The molecule has 0 rings (SSSR count). The summed E-state index contributed by atoms with van der Waals surface area (Å²) in [4.78, 5) is 34.3. The number of rotatable bonds is 26. The Hall–Kier alpha value is -2.81. The topological polar surface area (TPSA) is 134 Å². The maximum atomic E-state index is 12.4. The highest BCUT2D eigenvalue weighted by Gasteiger charge is 2.25. The number of nitrogens with two attached hydrogens (primary N) is 1. The van der Waals surface area contributed by atoms with Crippen molar-refractivity contribution in [2.75, 3.05) is 26.4 Å². The van der Waals surface area contributed by atoms with Gasteiger partial charge in [-0.1, -0.05) is 105 Å². The zero-order valence-electron chi connectivity index (χ0n) is 25.9. The third-order valence-electron chi connectivity index (χ3n) is 5.40. The number of esters is 2. The van der Waals surface area contributed by atoms with E-state index in [2.05, 4.69) is 38.2 Å². The molecule has 2 unspecified atom stereocenters. The van der Waals surface area contributed by atoms with E-state index >= 15 is 0 Å². The van der Waals surface area contributed by atoms with Gasteiger partial charge in [-0.05, 0) is 44.9 Å². The highest BCUT2D eigenvalue weighted by atomic mass is 31.2. The van der Waals surface area contributed by atoms with Crippen LogP contribution >= 0.6 is 7.82 Å². The Bertz CT molecular complexity index is 981. The van der Waals surface area contributed by atoms with Gasteiger partial charge in [-0.2, -0.15) is 0 Å². The van der Waals surface area contributed by atoms with Crippen molar-refractivity contribution in [1.82, 2.24) is 0 Å². The number of hydrogen-bond acceptors (Lipinski definition) is 8. The number of hydrogen-bond donors (Lipinski definition) is 2. The summed E-state index contributed by atoms with van der Waals surface area (Å²) < 4.78 is 32.2. The Balaban J connectivity index is 4.56. The fourth-order valence-electron chi connectivity index (χ4n) is 3.23. The zero-order valence-corrected chi connectivity index (χ0v) is 26.8. The number of phosphoric ester groups is 1. The first-order chi connectivity index (χ1) is 20.8. The minimum atomic E-state index is -4.39. The Morgan fingerprint density at radius 3 is 2.05 bits per heavy atom. The van der Waals surface area contributed by atoms with E-state index in [1.54, 1.807) is 6.08 Å². The Labute approximate surface area is 258 Å². The lowest BCUT2D eigenvalue weighted by atomic mass is 10.1. The molecule has 9 nitrogen and oxygen atoms in total. The van der Waals surface area contributed by atoms with Gasteiger partial charge in [-0.3, -0.25) is 18.6 Å². The Kier molecular flexibility index (Phi) is 27.4. The molecule has 242 valence electrons. The molecular formula is C33H52NO8P. The summed E-state index contributed by atoms with van der Waals surface area (Å²) in [5.74, 6) is -1.03. The lowest BCUT2D eigenvalue weighted by molar-refractivity contribution is -0.160. The number of carbonyl (C=O) groups is 2. The van der Waals surface area contributed by atoms with E-state index < -0.39 is 32.5 Å². The van der Waals surface area contributed by atoms with Crippen molar-refractivity contribution in [3.8, 4) is 0 Å². The second kappa shape index (κ2) is 29.3.